The number of hydrogen-bond donors (Lipinski definition) is 2. The Hall–Kier alpha value is -0.950. The number of halogens is 3. The van der Waals surface area contributed by atoms with Crippen LogP contribution in [0.5, 0.6) is 0 Å². The molecule has 9 heteroatoms. The van der Waals surface area contributed by atoms with E-state index >= 15 is 0 Å². The Labute approximate surface area is 130 Å². The molecule has 2 rings (SSSR count). The van der Waals surface area contributed by atoms with Crippen molar-refractivity contribution < 1.29 is 4.92 Å². The van der Waals surface area contributed by atoms with Crippen molar-refractivity contribution in [2.24, 2.45) is 10.9 Å². The first-order valence-corrected chi connectivity index (χ1v) is 6.80. The molecule has 20 heavy (non-hydrogen) atoms. The summed E-state index contributed by atoms with van der Waals surface area (Å²) in [5.74, 6) is -1.04. The largest absolute Gasteiger partial charge is 0.358 e. The van der Waals surface area contributed by atoms with Crippen LogP contribution >= 0.6 is 34.8 Å². The summed E-state index contributed by atoms with van der Waals surface area (Å²) in [6, 6.07) is 0. The Bertz CT molecular complexity index is 596. The molecule has 0 aromatic carbocycles. The fourth-order valence-corrected chi connectivity index (χ4v) is 2.87. The van der Waals surface area contributed by atoms with Crippen molar-refractivity contribution in [2.75, 3.05) is 7.05 Å². The molecule has 2 atom stereocenters. The maximum atomic E-state index is 11.1. The van der Waals surface area contributed by atoms with Gasteiger partial charge in [0.15, 0.2) is 10.0 Å². The molecular formula is C11H11Cl3N4O2. The van der Waals surface area contributed by atoms with Crippen molar-refractivity contribution in [3.8, 4) is 0 Å². The van der Waals surface area contributed by atoms with Crippen LogP contribution in [0.2, 0.25) is 0 Å². The average molecular weight is 338 g/mol. The lowest BCUT2D eigenvalue weighted by Crippen LogP contribution is -2.55. The number of allylic oxidation sites excluding steroid dienone is 2. The van der Waals surface area contributed by atoms with E-state index in [9.17, 15) is 10.1 Å². The molecule has 1 aliphatic heterocycles. The first-order valence-electron chi connectivity index (χ1n) is 5.67. The highest BCUT2D eigenvalue weighted by molar-refractivity contribution is 6.62. The normalized spacial score (nSPS) is 31.9. The highest BCUT2D eigenvalue weighted by Crippen LogP contribution is 2.45. The zero-order chi connectivity index (χ0) is 15.3. The predicted molar refractivity (Wildman–Crippen MR) is 79.6 cm³/mol. The predicted octanol–water partition coefficient (Wildman–Crippen LogP) is 2.48. The lowest BCUT2D eigenvalue weighted by molar-refractivity contribution is -0.357. The second-order valence-corrected chi connectivity index (χ2v) is 6.48. The van der Waals surface area contributed by atoms with Crippen LogP contribution in [0.1, 0.15) is 6.92 Å². The van der Waals surface area contributed by atoms with Gasteiger partial charge in [-0.1, -0.05) is 34.8 Å². The van der Waals surface area contributed by atoms with Gasteiger partial charge in [-0.2, -0.15) is 0 Å². The number of nitrogens with zero attached hydrogens (tertiary/aromatic N) is 2. The van der Waals surface area contributed by atoms with E-state index in [1.807, 2.05) is 0 Å². The van der Waals surface area contributed by atoms with Crippen LogP contribution in [-0.2, 0) is 0 Å². The second kappa shape index (κ2) is 4.80. The molecule has 0 fully saturated rings. The molecule has 0 spiro atoms. The Morgan fingerprint density at radius 2 is 2.10 bits per heavy atom. The van der Waals surface area contributed by atoms with Gasteiger partial charge in [0.1, 0.15) is 10.9 Å². The van der Waals surface area contributed by atoms with Crippen molar-refractivity contribution in [1.29, 1.82) is 5.41 Å². The maximum Gasteiger partial charge on any atom is 0.345 e. The lowest BCUT2D eigenvalue weighted by Gasteiger charge is -2.38. The van der Waals surface area contributed by atoms with E-state index in [-0.39, 0.29) is 22.8 Å². The van der Waals surface area contributed by atoms with E-state index in [4.69, 9.17) is 40.2 Å². The Morgan fingerprint density at radius 1 is 1.50 bits per heavy atom. The van der Waals surface area contributed by atoms with Crippen LogP contribution in [0.3, 0.4) is 0 Å². The average Bonchev–Trinajstić information content (AvgIpc) is 2.37. The Kier molecular flexibility index (Phi) is 3.71. The van der Waals surface area contributed by atoms with Crippen LogP contribution in [0.25, 0.3) is 0 Å². The van der Waals surface area contributed by atoms with Crippen LogP contribution in [0, 0.1) is 21.4 Å². The van der Waals surface area contributed by atoms with Gasteiger partial charge >= 0.3 is 5.84 Å². The Morgan fingerprint density at radius 3 is 2.60 bits per heavy atom. The Balaban J connectivity index is 2.71. The second-order valence-electron chi connectivity index (χ2n) is 4.50. The third kappa shape index (κ3) is 2.07. The van der Waals surface area contributed by atoms with E-state index in [2.05, 4.69) is 10.3 Å². The summed E-state index contributed by atoms with van der Waals surface area (Å²) >= 11 is 18.5. The molecule has 2 N–H and O–H groups in total. The number of amidine groups is 1. The van der Waals surface area contributed by atoms with Gasteiger partial charge in [-0.05, 0) is 36.0 Å². The summed E-state index contributed by atoms with van der Waals surface area (Å²) in [4.78, 5) is 13.1. The summed E-state index contributed by atoms with van der Waals surface area (Å²) in [5, 5.41) is 22.0. The molecular weight excluding hydrogens is 327 g/mol. The summed E-state index contributed by atoms with van der Waals surface area (Å²) in [6.45, 7) is 1.56. The molecule has 0 aromatic rings. The van der Waals surface area contributed by atoms with E-state index in [0.29, 0.717) is 0 Å². The number of rotatable bonds is 1. The molecule has 0 bridgehead atoms. The van der Waals surface area contributed by atoms with Gasteiger partial charge in [0.25, 0.3) is 0 Å². The molecule has 0 saturated carbocycles. The van der Waals surface area contributed by atoms with Crippen molar-refractivity contribution >= 4 is 46.4 Å². The molecule has 0 aromatic heterocycles. The minimum Gasteiger partial charge on any atom is -0.358 e. The monoisotopic (exact) mass is 336 g/mol. The summed E-state index contributed by atoms with van der Waals surface area (Å²) in [5.41, 5.74) is 0.342. The van der Waals surface area contributed by atoms with Gasteiger partial charge < -0.3 is 15.5 Å². The molecule has 0 amide bonds. The van der Waals surface area contributed by atoms with Gasteiger partial charge in [0, 0.05) is 0 Å². The topological polar surface area (TPSA) is 91.4 Å². The van der Waals surface area contributed by atoms with E-state index < -0.39 is 20.2 Å². The molecule has 6 nitrogen and oxygen atoms in total. The fourth-order valence-electron chi connectivity index (χ4n) is 2.26. The SMILES string of the molecule is CNC1(Cl)C2=C(C=CC(Cl)(Cl)C2=N)N=C([N+](=O)[O-])C1C. The van der Waals surface area contributed by atoms with Crippen LogP contribution in [0.15, 0.2) is 28.4 Å². The quantitative estimate of drug-likeness (QED) is 0.333. The van der Waals surface area contributed by atoms with Gasteiger partial charge in [0.2, 0.25) is 0 Å². The molecule has 1 heterocycles. The number of alkyl halides is 3. The van der Waals surface area contributed by atoms with Crippen LogP contribution in [-0.4, -0.2) is 32.8 Å². The highest BCUT2D eigenvalue weighted by atomic mass is 35.5. The minimum atomic E-state index is -1.53. The third-order valence-electron chi connectivity index (χ3n) is 3.42. The van der Waals surface area contributed by atoms with Crippen molar-refractivity contribution in [1.82, 2.24) is 5.32 Å². The number of likely N-dealkylation sites (N-methyl/N-ethyl adjacent to an activating group) is 1. The zero-order valence-electron chi connectivity index (χ0n) is 10.6. The van der Waals surface area contributed by atoms with Gasteiger partial charge in [-0.25, -0.2) is 0 Å². The zero-order valence-corrected chi connectivity index (χ0v) is 12.8. The van der Waals surface area contributed by atoms with Crippen molar-refractivity contribution in [3.05, 3.63) is 33.5 Å². The maximum absolute atomic E-state index is 11.1. The van der Waals surface area contributed by atoms with E-state index in [0.717, 1.165) is 0 Å². The highest BCUT2D eigenvalue weighted by Gasteiger charge is 2.54. The summed E-state index contributed by atoms with van der Waals surface area (Å²) < 4.78 is -1.53. The summed E-state index contributed by atoms with van der Waals surface area (Å²) in [7, 11) is 1.55. The van der Waals surface area contributed by atoms with Crippen molar-refractivity contribution in [3.63, 3.8) is 0 Å². The fraction of sp³-hybridized carbons (Fsp3) is 0.455. The molecule has 2 unspecified atom stereocenters. The number of hydrogen-bond acceptors (Lipinski definition) is 5. The van der Waals surface area contributed by atoms with Gasteiger partial charge in [0.05, 0.1) is 11.3 Å². The molecule has 0 radical (unpaired) electrons. The first-order chi connectivity index (χ1) is 9.15. The number of nitro groups is 1. The minimum absolute atomic E-state index is 0.138. The molecule has 0 saturated heterocycles. The number of nitrogens with one attached hydrogen (secondary N) is 2. The van der Waals surface area contributed by atoms with Gasteiger partial charge in [-0.15, -0.1) is 0 Å². The molecule has 2 aliphatic rings. The van der Waals surface area contributed by atoms with Crippen LogP contribution < -0.4 is 5.32 Å². The van der Waals surface area contributed by atoms with E-state index in [1.165, 1.54) is 12.2 Å². The van der Waals surface area contributed by atoms with Crippen molar-refractivity contribution in [2.45, 2.75) is 16.3 Å². The lowest BCUT2D eigenvalue weighted by atomic mass is 9.82. The third-order valence-corrected chi connectivity index (χ3v) is 4.76. The molecule has 108 valence electrons. The number of aliphatic imine (C=N–C) groups is 1. The molecule has 1 aliphatic carbocycles. The van der Waals surface area contributed by atoms with E-state index in [1.54, 1.807) is 14.0 Å². The summed E-state index contributed by atoms with van der Waals surface area (Å²) in [6.07, 6.45) is 2.79. The first kappa shape index (κ1) is 15.4. The van der Waals surface area contributed by atoms with Gasteiger partial charge in [-0.3, -0.25) is 5.32 Å². The standard InChI is InChI=1S/C11H11Cl3N4O2/c1-5-9(18(19)20)17-6-3-4-10(12,13)8(15)7(6)11(5,14)16-2/h3-5,15-16H,1-2H3. The smallest absolute Gasteiger partial charge is 0.345 e. The van der Waals surface area contributed by atoms with Crippen LogP contribution in [0.4, 0.5) is 0 Å².